The fraction of sp³-hybridized carbons (Fsp3) is 0.250. The van der Waals surface area contributed by atoms with E-state index >= 15 is 0 Å². The summed E-state index contributed by atoms with van der Waals surface area (Å²) >= 11 is 7.63. The molecule has 0 aliphatic heterocycles. The molecule has 3 rings (SSSR count). The Morgan fingerprint density at radius 3 is 2.45 bits per heavy atom. The number of rotatable bonds is 9. The Kier molecular flexibility index (Phi) is 8.50. The first-order valence-corrected chi connectivity index (χ1v) is 11.5. The number of hydrogen-bond acceptors (Lipinski definition) is 3. The summed E-state index contributed by atoms with van der Waals surface area (Å²) in [6.07, 6.45) is 0.750. The maximum absolute atomic E-state index is 13.3. The van der Waals surface area contributed by atoms with E-state index in [-0.39, 0.29) is 18.5 Å². The summed E-state index contributed by atoms with van der Waals surface area (Å²) in [5.41, 5.74) is 1.66. The zero-order chi connectivity index (χ0) is 22.1. The van der Waals surface area contributed by atoms with Gasteiger partial charge in [0.2, 0.25) is 5.91 Å². The first kappa shape index (κ1) is 22.8. The van der Waals surface area contributed by atoms with Crippen molar-refractivity contribution in [1.29, 1.82) is 0 Å². The van der Waals surface area contributed by atoms with E-state index in [1.807, 2.05) is 54.8 Å². The van der Waals surface area contributed by atoms with Gasteiger partial charge >= 0.3 is 6.03 Å². The Morgan fingerprint density at radius 2 is 1.77 bits per heavy atom. The predicted molar refractivity (Wildman–Crippen MR) is 127 cm³/mol. The van der Waals surface area contributed by atoms with Crippen LogP contribution >= 0.6 is 22.9 Å². The number of halogens is 1. The monoisotopic (exact) mass is 455 g/mol. The highest BCUT2D eigenvalue weighted by Crippen LogP contribution is 2.17. The van der Waals surface area contributed by atoms with Crippen LogP contribution in [0.1, 0.15) is 23.8 Å². The predicted octanol–water partition coefficient (Wildman–Crippen LogP) is 5.87. The molecule has 162 valence electrons. The highest BCUT2D eigenvalue weighted by Gasteiger charge is 2.22. The van der Waals surface area contributed by atoms with E-state index in [1.54, 1.807) is 45.4 Å². The summed E-state index contributed by atoms with van der Waals surface area (Å²) in [5, 5.41) is 5.39. The molecule has 3 aromatic rings. The molecule has 0 saturated heterocycles. The van der Waals surface area contributed by atoms with Crippen LogP contribution in [0.15, 0.2) is 72.1 Å². The van der Waals surface area contributed by atoms with Crippen molar-refractivity contribution in [3.8, 4) is 0 Å². The standard InChI is InChI=1S/C24H26ClN3O2S/c1-2-13-27(24(30)26-21-11-6-10-20(25)15-21)18-23(29)28(17-22-12-7-14-31-22)16-19-8-4-3-5-9-19/h3-12,14-15H,2,13,16-18H2,1H3,(H,26,30). The van der Waals surface area contributed by atoms with Crippen LogP contribution in [0.25, 0.3) is 0 Å². The number of nitrogens with zero attached hydrogens (tertiary/aromatic N) is 2. The summed E-state index contributed by atoms with van der Waals surface area (Å²) in [6.45, 7) is 3.49. The van der Waals surface area contributed by atoms with Crippen LogP contribution in [0, 0.1) is 0 Å². The van der Waals surface area contributed by atoms with Gasteiger partial charge in [0.1, 0.15) is 6.54 Å². The molecule has 0 aliphatic rings. The SMILES string of the molecule is CCCN(CC(=O)N(Cc1ccccc1)Cc1cccs1)C(=O)Nc1cccc(Cl)c1. The quantitative estimate of drug-likeness (QED) is 0.438. The smallest absolute Gasteiger partial charge is 0.322 e. The topological polar surface area (TPSA) is 52.7 Å². The molecule has 1 heterocycles. The van der Waals surface area contributed by atoms with Gasteiger partial charge in [-0.1, -0.05) is 61.0 Å². The third kappa shape index (κ3) is 7.12. The second-order valence-electron chi connectivity index (χ2n) is 7.18. The number of amides is 3. The molecule has 7 heteroatoms. The number of urea groups is 1. The molecule has 0 unspecified atom stereocenters. The van der Waals surface area contributed by atoms with Gasteiger partial charge in [-0.05, 0) is 41.6 Å². The molecule has 0 aliphatic carbocycles. The van der Waals surface area contributed by atoms with Gasteiger partial charge in [0.05, 0.1) is 6.54 Å². The van der Waals surface area contributed by atoms with Crippen molar-refractivity contribution in [2.24, 2.45) is 0 Å². The number of benzene rings is 2. The molecule has 1 aromatic heterocycles. The van der Waals surface area contributed by atoms with Crippen molar-refractivity contribution in [1.82, 2.24) is 9.80 Å². The van der Waals surface area contributed by atoms with E-state index < -0.39 is 0 Å². The Hall–Kier alpha value is -2.83. The van der Waals surface area contributed by atoms with Gasteiger partial charge in [-0.2, -0.15) is 0 Å². The third-order valence-electron chi connectivity index (χ3n) is 4.68. The number of nitrogens with one attached hydrogen (secondary N) is 1. The molecule has 31 heavy (non-hydrogen) atoms. The average Bonchev–Trinajstić information content (AvgIpc) is 3.27. The summed E-state index contributed by atoms with van der Waals surface area (Å²) in [5.74, 6) is -0.0908. The number of carbonyl (C=O) groups excluding carboxylic acids is 2. The molecule has 0 atom stereocenters. The molecule has 3 amide bonds. The highest BCUT2D eigenvalue weighted by molar-refractivity contribution is 7.09. The van der Waals surface area contributed by atoms with Crippen LogP contribution in [-0.2, 0) is 17.9 Å². The van der Waals surface area contributed by atoms with Gasteiger partial charge in [0.25, 0.3) is 0 Å². The molecular weight excluding hydrogens is 430 g/mol. The van der Waals surface area contributed by atoms with Gasteiger partial charge in [-0.15, -0.1) is 11.3 Å². The Bertz CT molecular complexity index is 980. The third-order valence-corrected chi connectivity index (χ3v) is 5.77. The lowest BCUT2D eigenvalue weighted by atomic mass is 10.2. The summed E-state index contributed by atoms with van der Waals surface area (Å²) in [4.78, 5) is 30.6. The molecule has 0 fully saturated rings. The maximum atomic E-state index is 13.3. The Morgan fingerprint density at radius 1 is 0.968 bits per heavy atom. The molecule has 5 nitrogen and oxygen atoms in total. The summed E-state index contributed by atoms with van der Waals surface area (Å²) in [7, 11) is 0. The van der Waals surface area contributed by atoms with Crippen molar-refractivity contribution < 1.29 is 9.59 Å². The van der Waals surface area contributed by atoms with Gasteiger partial charge in [0.15, 0.2) is 0 Å². The van der Waals surface area contributed by atoms with E-state index in [0.717, 1.165) is 16.9 Å². The number of hydrogen-bond donors (Lipinski definition) is 1. The number of thiophene rings is 1. The van der Waals surface area contributed by atoms with Crippen LogP contribution in [0.5, 0.6) is 0 Å². The molecule has 0 spiro atoms. The van der Waals surface area contributed by atoms with Crippen LogP contribution in [0.3, 0.4) is 0 Å². The number of carbonyl (C=O) groups is 2. The van der Waals surface area contributed by atoms with E-state index in [1.165, 1.54) is 0 Å². The molecular formula is C24H26ClN3O2S. The van der Waals surface area contributed by atoms with Gasteiger partial charge in [-0.3, -0.25) is 4.79 Å². The number of anilines is 1. The van der Waals surface area contributed by atoms with Gasteiger partial charge < -0.3 is 15.1 Å². The Balaban J connectivity index is 1.72. The average molecular weight is 456 g/mol. The van der Waals surface area contributed by atoms with Crippen molar-refractivity contribution in [3.05, 3.63) is 87.6 Å². The minimum absolute atomic E-state index is 0.0123. The lowest BCUT2D eigenvalue weighted by Gasteiger charge is -2.27. The van der Waals surface area contributed by atoms with E-state index in [2.05, 4.69) is 5.32 Å². The van der Waals surface area contributed by atoms with Crippen LogP contribution < -0.4 is 5.32 Å². The fourth-order valence-electron chi connectivity index (χ4n) is 3.18. The normalized spacial score (nSPS) is 10.5. The summed E-state index contributed by atoms with van der Waals surface area (Å²) < 4.78 is 0. The van der Waals surface area contributed by atoms with Crippen molar-refractivity contribution >= 4 is 40.6 Å². The zero-order valence-electron chi connectivity index (χ0n) is 17.5. The molecule has 1 N–H and O–H groups in total. The molecule has 2 aromatic carbocycles. The fourth-order valence-corrected chi connectivity index (χ4v) is 4.09. The zero-order valence-corrected chi connectivity index (χ0v) is 19.0. The van der Waals surface area contributed by atoms with Crippen LogP contribution in [0.2, 0.25) is 5.02 Å². The van der Waals surface area contributed by atoms with Gasteiger partial charge in [0, 0.05) is 28.7 Å². The minimum atomic E-state index is -0.312. The lowest BCUT2D eigenvalue weighted by molar-refractivity contribution is -0.133. The molecule has 0 bridgehead atoms. The summed E-state index contributed by atoms with van der Waals surface area (Å²) in [6, 6.07) is 20.6. The second-order valence-corrected chi connectivity index (χ2v) is 8.65. The largest absolute Gasteiger partial charge is 0.332 e. The Labute approximate surface area is 192 Å². The van der Waals surface area contributed by atoms with E-state index in [0.29, 0.717) is 30.3 Å². The first-order chi connectivity index (χ1) is 15.0. The van der Waals surface area contributed by atoms with Crippen molar-refractivity contribution in [2.45, 2.75) is 26.4 Å². The van der Waals surface area contributed by atoms with Crippen LogP contribution in [0.4, 0.5) is 10.5 Å². The maximum Gasteiger partial charge on any atom is 0.322 e. The van der Waals surface area contributed by atoms with E-state index in [4.69, 9.17) is 11.6 Å². The lowest BCUT2D eigenvalue weighted by Crippen LogP contribution is -2.44. The molecule has 0 saturated carbocycles. The second kappa shape index (κ2) is 11.5. The minimum Gasteiger partial charge on any atom is -0.332 e. The first-order valence-electron chi connectivity index (χ1n) is 10.2. The molecule has 0 radical (unpaired) electrons. The van der Waals surface area contributed by atoms with Crippen molar-refractivity contribution in [2.75, 3.05) is 18.4 Å². The van der Waals surface area contributed by atoms with Crippen LogP contribution in [-0.4, -0.2) is 34.8 Å². The van der Waals surface area contributed by atoms with Crippen molar-refractivity contribution in [3.63, 3.8) is 0 Å². The highest BCUT2D eigenvalue weighted by atomic mass is 35.5. The van der Waals surface area contributed by atoms with Gasteiger partial charge in [-0.25, -0.2) is 4.79 Å². The van der Waals surface area contributed by atoms with E-state index in [9.17, 15) is 9.59 Å².